The zero-order valence-electron chi connectivity index (χ0n) is 16.0. The maximum Gasteiger partial charge on any atom is 0.220 e. The van der Waals surface area contributed by atoms with Gasteiger partial charge in [0.2, 0.25) is 5.91 Å². The third-order valence-electron chi connectivity index (χ3n) is 5.50. The van der Waals surface area contributed by atoms with Crippen LogP contribution in [0.3, 0.4) is 0 Å². The van der Waals surface area contributed by atoms with E-state index in [1.54, 1.807) is 14.2 Å². The standard InChI is InChI=1S/C22H26BrNO3/c1-15(22(12-13-22)17-6-8-18(23)9-7-17)24-21(25)11-5-16-4-10-19(26-2)20(14-16)27-3/h4,6-10,14-15H,5,11-13H2,1-3H3,(H,24,25). The van der Waals surface area contributed by atoms with E-state index in [9.17, 15) is 4.79 Å². The zero-order valence-corrected chi connectivity index (χ0v) is 17.6. The monoisotopic (exact) mass is 431 g/mol. The summed E-state index contributed by atoms with van der Waals surface area (Å²) in [5, 5.41) is 3.21. The van der Waals surface area contributed by atoms with Gasteiger partial charge < -0.3 is 14.8 Å². The Morgan fingerprint density at radius 2 is 1.78 bits per heavy atom. The summed E-state index contributed by atoms with van der Waals surface area (Å²) in [5.74, 6) is 1.47. The summed E-state index contributed by atoms with van der Waals surface area (Å²) in [6.07, 6.45) is 3.36. The molecule has 27 heavy (non-hydrogen) atoms. The van der Waals surface area contributed by atoms with Gasteiger partial charge in [-0.05, 0) is 61.6 Å². The maximum atomic E-state index is 12.5. The smallest absolute Gasteiger partial charge is 0.220 e. The Morgan fingerprint density at radius 1 is 1.11 bits per heavy atom. The summed E-state index contributed by atoms with van der Waals surface area (Å²) >= 11 is 3.49. The normalized spacial score (nSPS) is 15.7. The first-order valence-corrected chi connectivity index (χ1v) is 10.0. The Balaban J connectivity index is 1.57. The van der Waals surface area contributed by atoms with Crippen LogP contribution < -0.4 is 14.8 Å². The maximum absolute atomic E-state index is 12.5. The molecule has 0 aromatic heterocycles. The van der Waals surface area contributed by atoms with Gasteiger partial charge in [0.05, 0.1) is 14.2 Å². The molecule has 3 rings (SSSR count). The Kier molecular flexibility index (Phi) is 6.10. The molecule has 2 aromatic carbocycles. The molecule has 0 aliphatic heterocycles. The van der Waals surface area contributed by atoms with Crippen LogP contribution in [0.5, 0.6) is 11.5 Å². The second-order valence-corrected chi connectivity index (χ2v) is 8.06. The molecule has 0 radical (unpaired) electrons. The number of amides is 1. The summed E-state index contributed by atoms with van der Waals surface area (Å²) in [7, 11) is 3.23. The molecular weight excluding hydrogens is 406 g/mol. The van der Waals surface area contributed by atoms with Crippen molar-refractivity contribution in [2.45, 2.75) is 44.1 Å². The van der Waals surface area contributed by atoms with E-state index in [1.165, 1.54) is 5.56 Å². The van der Waals surface area contributed by atoms with Gasteiger partial charge in [-0.1, -0.05) is 34.1 Å². The number of nitrogens with one attached hydrogen (secondary N) is 1. The number of hydrogen-bond acceptors (Lipinski definition) is 3. The van der Waals surface area contributed by atoms with Crippen molar-refractivity contribution in [3.8, 4) is 11.5 Å². The molecule has 1 aliphatic carbocycles. The van der Waals surface area contributed by atoms with Crippen molar-refractivity contribution in [3.05, 3.63) is 58.1 Å². The number of ether oxygens (including phenoxy) is 2. The molecule has 5 heteroatoms. The number of methoxy groups -OCH3 is 2. The van der Waals surface area contributed by atoms with Crippen LogP contribution in [-0.2, 0) is 16.6 Å². The molecule has 4 nitrogen and oxygen atoms in total. The second-order valence-electron chi connectivity index (χ2n) is 7.14. The van der Waals surface area contributed by atoms with Crippen LogP contribution in [0.15, 0.2) is 46.9 Å². The summed E-state index contributed by atoms with van der Waals surface area (Å²) in [4.78, 5) is 12.5. The predicted octanol–water partition coefficient (Wildman–Crippen LogP) is 4.64. The van der Waals surface area contributed by atoms with Gasteiger partial charge >= 0.3 is 0 Å². The molecule has 1 amide bonds. The first kappa shape index (κ1) is 19.7. The van der Waals surface area contributed by atoms with E-state index in [4.69, 9.17) is 9.47 Å². The lowest BCUT2D eigenvalue weighted by molar-refractivity contribution is -0.121. The molecule has 144 valence electrons. The second kappa shape index (κ2) is 8.34. The van der Waals surface area contributed by atoms with Crippen molar-refractivity contribution in [3.63, 3.8) is 0 Å². The molecule has 0 bridgehead atoms. The van der Waals surface area contributed by atoms with E-state index < -0.39 is 0 Å². The average molecular weight is 432 g/mol. The summed E-state index contributed by atoms with van der Waals surface area (Å²) in [6, 6.07) is 14.4. The van der Waals surface area contributed by atoms with Crippen molar-refractivity contribution in [2.24, 2.45) is 0 Å². The van der Waals surface area contributed by atoms with E-state index in [-0.39, 0.29) is 17.4 Å². The molecular formula is C22H26BrNO3. The number of aryl methyl sites for hydroxylation is 1. The first-order valence-electron chi connectivity index (χ1n) is 9.25. The van der Waals surface area contributed by atoms with Crippen LogP contribution in [0.2, 0.25) is 0 Å². The molecule has 0 saturated heterocycles. The minimum Gasteiger partial charge on any atom is -0.493 e. The lowest BCUT2D eigenvalue weighted by Gasteiger charge is -2.25. The predicted molar refractivity (Wildman–Crippen MR) is 111 cm³/mol. The van der Waals surface area contributed by atoms with E-state index in [0.717, 1.165) is 22.9 Å². The number of halogens is 1. The van der Waals surface area contributed by atoms with Crippen LogP contribution in [-0.4, -0.2) is 26.2 Å². The summed E-state index contributed by atoms with van der Waals surface area (Å²) in [6.45, 7) is 2.11. The minimum absolute atomic E-state index is 0.0830. The van der Waals surface area contributed by atoms with Crippen molar-refractivity contribution >= 4 is 21.8 Å². The van der Waals surface area contributed by atoms with Gasteiger partial charge in [0.15, 0.2) is 11.5 Å². The van der Waals surface area contributed by atoms with E-state index >= 15 is 0 Å². The Bertz CT molecular complexity index is 800. The first-order chi connectivity index (χ1) is 13.0. The Labute approximate surface area is 169 Å². The van der Waals surface area contributed by atoms with E-state index in [1.807, 2.05) is 18.2 Å². The quantitative estimate of drug-likeness (QED) is 0.662. The zero-order chi connectivity index (χ0) is 19.4. The lowest BCUT2D eigenvalue weighted by Crippen LogP contribution is -2.41. The molecule has 1 fully saturated rings. The van der Waals surface area contributed by atoms with Crippen molar-refractivity contribution in [1.82, 2.24) is 5.32 Å². The molecule has 1 N–H and O–H groups in total. The summed E-state index contributed by atoms with van der Waals surface area (Å²) in [5.41, 5.74) is 2.45. The largest absolute Gasteiger partial charge is 0.493 e. The fourth-order valence-corrected chi connectivity index (χ4v) is 3.90. The molecule has 2 aromatic rings. The van der Waals surface area contributed by atoms with Gasteiger partial charge in [0.1, 0.15) is 0 Å². The minimum atomic E-state index is 0.0830. The summed E-state index contributed by atoms with van der Waals surface area (Å²) < 4.78 is 11.7. The van der Waals surface area contributed by atoms with Gasteiger partial charge in [-0.3, -0.25) is 4.79 Å². The van der Waals surface area contributed by atoms with Crippen molar-refractivity contribution in [2.75, 3.05) is 14.2 Å². The Morgan fingerprint density at radius 3 is 2.37 bits per heavy atom. The highest BCUT2D eigenvalue weighted by molar-refractivity contribution is 9.10. The third-order valence-corrected chi connectivity index (χ3v) is 6.03. The molecule has 0 spiro atoms. The molecule has 1 saturated carbocycles. The van der Waals surface area contributed by atoms with Crippen molar-refractivity contribution in [1.29, 1.82) is 0 Å². The van der Waals surface area contributed by atoms with Crippen LogP contribution >= 0.6 is 15.9 Å². The highest BCUT2D eigenvalue weighted by Gasteiger charge is 2.49. The van der Waals surface area contributed by atoms with Crippen molar-refractivity contribution < 1.29 is 14.3 Å². The highest BCUT2D eigenvalue weighted by atomic mass is 79.9. The topological polar surface area (TPSA) is 47.6 Å². The number of hydrogen-bond donors (Lipinski definition) is 1. The van der Waals surface area contributed by atoms with Gasteiger partial charge in [0.25, 0.3) is 0 Å². The molecule has 0 heterocycles. The van der Waals surface area contributed by atoms with E-state index in [0.29, 0.717) is 24.3 Å². The van der Waals surface area contributed by atoms with Crippen LogP contribution in [0, 0.1) is 0 Å². The number of carbonyl (C=O) groups excluding carboxylic acids is 1. The number of rotatable bonds is 8. The average Bonchev–Trinajstić information content (AvgIpc) is 3.48. The molecule has 1 aliphatic rings. The van der Waals surface area contributed by atoms with E-state index in [2.05, 4.69) is 52.4 Å². The Hall–Kier alpha value is -2.01. The SMILES string of the molecule is COc1ccc(CCC(=O)NC(C)C2(c3ccc(Br)cc3)CC2)cc1OC. The number of benzene rings is 2. The van der Waals surface area contributed by atoms with Gasteiger partial charge in [-0.25, -0.2) is 0 Å². The molecule has 1 atom stereocenters. The number of carbonyl (C=O) groups is 1. The van der Waals surface area contributed by atoms with Gasteiger partial charge in [-0.2, -0.15) is 0 Å². The lowest BCUT2D eigenvalue weighted by atomic mass is 9.89. The van der Waals surface area contributed by atoms with Crippen LogP contribution in [0.25, 0.3) is 0 Å². The van der Waals surface area contributed by atoms with Gasteiger partial charge in [0, 0.05) is 22.4 Å². The van der Waals surface area contributed by atoms with Crippen LogP contribution in [0.4, 0.5) is 0 Å². The van der Waals surface area contributed by atoms with Gasteiger partial charge in [-0.15, -0.1) is 0 Å². The fourth-order valence-electron chi connectivity index (χ4n) is 3.63. The third kappa shape index (κ3) is 4.46. The fraction of sp³-hybridized carbons (Fsp3) is 0.409. The molecule has 1 unspecified atom stereocenters. The van der Waals surface area contributed by atoms with Crippen LogP contribution in [0.1, 0.15) is 37.3 Å². The highest BCUT2D eigenvalue weighted by Crippen LogP contribution is 2.51.